The molecule has 0 saturated heterocycles. The third kappa shape index (κ3) is 5.25. The number of hydrogen-bond donors (Lipinski definition) is 2. The zero-order chi connectivity index (χ0) is 15.5. The Kier molecular flexibility index (Phi) is 5.17. The molecule has 1 aliphatic carbocycles. The van der Waals surface area contributed by atoms with Gasteiger partial charge in [-0.25, -0.2) is 4.79 Å². The van der Waals surface area contributed by atoms with Crippen molar-refractivity contribution in [2.24, 2.45) is 0 Å². The van der Waals surface area contributed by atoms with Gasteiger partial charge in [-0.1, -0.05) is 0 Å². The molecule has 1 amide bonds. The molecule has 1 aromatic rings. The fourth-order valence-corrected chi connectivity index (χ4v) is 2.68. The second-order valence-corrected chi connectivity index (χ2v) is 6.75. The van der Waals surface area contributed by atoms with E-state index in [2.05, 4.69) is 10.6 Å². The van der Waals surface area contributed by atoms with E-state index in [0.29, 0.717) is 11.8 Å². The van der Waals surface area contributed by atoms with Gasteiger partial charge in [-0.3, -0.25) is 0 Å². The summed E-state index contributed by atoms with van der Waals surface area (Å²) in [5, 5.41) is 6.74. The summed E-state index contributed by atoms with van der Waals surface area (Å²) in [5.41, 5.74) is -0.476. The van der Waals surface area contributed by atoms with Crippen molar-refractivity contribution in [3.05, 3.63) is 23.1 Å². The molecule has 0 aliphatic heterocycles. The fourth-order valence-electron chi connectivity index (χ4n) is 2.51. The molecule has 1 aromatic heterocycles. The van der Waals surface area contributed by atoms with Crippen molar-refractivity contribution in [3.8, 4) is 0 Å². The second kappa shape index (κ2) is 6.71. The minimum atomic E-state index is -0.476. The molecular formula is C15H23ClN2O3. The number of nitrogens with one attached hydrogen (secondary N) is 2. The number of amides is 1. The lowest BCUT2D eigenvalue weighted by atomic mass is 10.1. The SMILES string of the molecule is CC(C)(C)OC(=O)NC1CCCC1NCc1ccc(Cl)o1. The Balaban J connectivity index is 1.81. The molecule has 0 radical (unpaired) electrons. The number of alkyl carbamates (subject to hydrolysis) is 1. The van der Waals surface area contributed by atoms with Crippen LogP contribution in [0, 0.1) is 0 Å². The summed E-state index contributed by atoms with van der Waals surface area (Å²) in [7, 11) is 0. The highest BCUT2D eigenvalue weighted by molar-refractivity contribution is 6.28. The molecule has 0 aromatic carbocycles. The number of carbonyl (C=O) groups excluding carboxylic acids is 1. The third-order valence-corrected chi connectivity index (χ3v) is 3.59. The van der Waals surface area contributed by atoms with Crippen LogP contribution < -0.4 is 10.6 Å². The minimum absolute atomic E-state index is 0.0882. The first-order chi connectivity index (χ1) is 9.83. The van der Waals surface area contributed by atoms with Crippen molar-refractivity contribution in [2.75, 3.05) is 0 Å². The summed E-state index contributed by atoms with van der Waals surface area (Å²) >= 11 is 5.75. The van der Waals surface area contributed by atoms with Gasteiger partial charge in [-0.2, -0.15) is 0 Å². The molecule has 6 heteroatoms. The highest BCUT2D eigenvalue weighted by atomic mass is 35.5. The number of carbonyl (C=O) groups is 1. The molecule has 5 nitrogen and oxygen atoms in total. The maximum atomic E-state index is 11.8. The van der Waals surface area contributed by atoms with Gasteiger partial charge >= 0.3 is 6.09 Å². The van der Waals surface area contributed by atoms with E-state index in [1.165, 1.54) is 0 Å². The van der Waals surface area contributed by atoms with Gasteiger partial charge in [0.1, 0.15) is 11.4 Å². The van der Waals surface area contributed by atoms with Gasteiger partial charge in [0, 0.05) is 12.1 Å². The Morgan fingerprint density at radius 3 is 2.71 bits per heavy atom. The van der Waals surface area contributed by atoms with E-state index in [4.69, 9.17) is 20.8 Å². The number of rotatable bonds is 4. The van der Waals surface area contributed by atoms with Crippen LogP contribution >= 0.6 is 11.6 Å². The van der Waals surface area contributed by atoms with Crippen LogP contribution in [0.15, 0.2) is 16.5 Å². The van der Waals surface area contributed by atoms with Crippen molar-refractivity contribution in [3.63, 3.8) is 0 Å². The maximum Gasteiger partial charge on any atom is 0.407 e. The van der Waals surface area contributed by atoms with Crippen molar-refractivity contribution >= 4 is 17.7 Å². The van der Waals surface area contributed by atoms with E-state index < -0.39 is 5.60 Å². The van der Waals surface area contributed by atoms with Crippen molar-refractivity contribution < 1.29 is 13.9 Å². The van der Waals surface area contributed by atoms with Crippen LogP contribution in [0.25, 0.3) is 0 Å². The number of furan rings is 1. The van der Waals surface area contributed by atoms with Crippen LogP contribution in [0.1, 0.15) is 45.8 Å². The van der Waals surface area contributed by atoms with E-state index in [-0.39, 0.29) is 18.2 Å². The standard InChI is InChI=1S/C15H23ClN2O3/c1-15(2,3)21-14(19)18-12-6-4-5-11(12)17-9-10-7-8-13(16)20-10/h7-8,11-12,17H,4-6,9H2,1-3H3,(H,18,19). The Bertz CT molecular complexity index is 482. The molecule has 0 spiro atoms. The number of halogens is 1. The summed E-state index contributed by atoms with van der Waals surface area (Å²) < 4.78 is 10.6. The quantitative estimate of drug-likeness (QED) is 0.893. The molecule has 2 N–H and O–H groups in total. The first-order valence-corrected chi connectivity index (χ1v) is 7.68. The van der Waals surface area contributed by atoms with Gasteiger partial charge in [0.05, 0.1) is 6.54 Å². The molecule has 1 saturated carbocycles. The normalized spacial score (nSPS) is 22.3. The summed E-state index contributed by atoms with van der Waals surface area (Å²) in [4.78, 5) is 11.8. The summed E-state index contributed by atoms with van der Waals surface area (Å²) in [6, 6.07) is 3.89. The molecular weight excluding hydrogens is 292 g/mol. The van der Waals surface area contributed by atoms with Crippen LogP contribution in [-0.4, -0.2) is 23.8 Å². The average molecular weight is 315 g/mol. The van der Waals surface area contributed by atoms with Crippen LogP contribution in [0.5, 0.6) is 0 Å². The van der Waals surface area contributed by atoms with Gasteiger partial charge in [-0.05, 0) is 63.8 Å². The van der Waals surface area contributed by atoms with E-state index >= 15 is 0 Å². The predicted molar refractivity (Wildman–Crippen MR) is 81.4 cm³/mol. The summed E-state index contributed by atoms with van der Waals surface area (Å²) in [6.07, 6.45) is 2.70. The smallest absolute Gasteiger partial charge is 0.407 e. The Labute approximate surface area is 130 Å². The largest absolute Gasteiger partial charge is 0.448 e. The lowest BCUT2D eigenvalue weighted by molar-refractivity contribution is 0.0498. The molecule has 2 unspecified atom stereocenters. The van der Waals surface area contributed by atoms with E-state index in [1.54, 1.807) is 6.07 Å². The maximum absolute atomic E-state index is 11.8. The second-order valence-electron chi connectivity index (χ2n) is 6.38. The van der Waals surface area contributed by atoms with Gasteiger partial charge < -0.3 is 19.8 Å². The monoisotopic (exact) mass is 314 g/mol. The molecule has 2 atom stereocenters. The predicted octanol–water partition coefficient (Wildman–Crippen LogP) is 3.47. The van der Waals surface area contributed by atoms with Crippen molar-refractivity contribution in [2.45, 2.75) is 64.3 Å². The van der Waals surface area contributed by atoms with Crippen LogP contribution in [-0.2, 0) is 11.3 Å². The lowest BCUT2D eigenvalue weighted by Crippen LogP contribution is -2.47. The molecule has 1 fully saturated rings. The van der Waals surface area contributed by atoms with E-state index in [9.17, 15) is 4.79 Å². The average Bonchev–Trinajstić information content (AvgIpc) is 2.93. The van der Waals surface area contributed by atoms with Crippen LogP contribution in [0.3, 0.4) is 0 Å². The minimum Gasteiger partial charge on any atom is -0.448 e. The molecule has 0 bridgehead atoms. The molecule has 118 valence electrons. The van der Waals surface area contributed by atoms with Gasteiger partial charge in [0.25, 0.3) is 0 Å². The topological polar surface area (TPSA) is 63.5 Å². The first kappa shape index (κ1) is 16.2. The van der Waals surface area contributed by atoms with Crippen LogP contribution in [0.4, 0.5) is 4.79 Å². The van der Waals surface area contributed by atoms with Gasteiger partial charge in [-0.15, -0.1) is 0 Å². The number of ether oxygens (including phenoxy) is 1. The van der Waals surface area contributed by atoms with Crippen LogP contribution in [0.2, 0.25) is 5.22 Å². The third-order valence-electron chi connectivity index (χ3n) is 3.39. The molecule has 2 rings (SSSR count). The van der Waals surface area contributed by atoms with Gasteiger partial charge in [0.2, 0.25) is 0 Å². The molecule has 21 heavy (non-hydrogen) atoms. The zero-order valence-corrected chi connectivity index (χ0v) is 13.5. The summed E-state index contributed by atoms with van der Waals surface area (Å²) in [6.45, 7) is 6.18. The zero-order valence-electron chi connectivity index (χ0n) is 12.7. The van der Waals surface area contributed by atoms with Crippen molar-refractivity contribution in [1.29, 1.82) is 0 Å². The molecule has 1 heterocycles. The van der Waals surface area contributed by atoms with E-state index in [0.717, 1.165) is 25.0 Å². The Morgan fingerprint density at radius 2 is 2.10 bits per heavy atom. The highest BCUT2D eigenvalue weighted by Gasteiger charge is 2.29. The fraction of sp³-hybridized carbons (Fsp3) is 0.667. The van der Waals surface area contributed by atoms with Crippen molar-refractivity contribution in [1.82, 2.24) is 10.6 Å². The summed E-state index contributed by atoms with van der Waals surface area (Å²) in [5.74, 6) is 0.794. The highest BCUT2D eigenvalue weighted by Crippen LogP contribution is 2.21. The first-order valence-electron chi connectivity index (χ1n) is 7.30. The number of hydrogen-bond acceptors (Lipinski definition) is 4. The Hall–Kier alpha value is -1.20. The lowest BCUT2D eigenvalue weighted by Gasteiger charge is -2.25. The van der Waals surface area contributed by atoms with E-state index in [1.807, 2.05) is 26.8 Å². The Morgan fingerprint density at radius 1 is 1.38 bits per heavy atom. The molecule has 1 aliphatic rings. The van der Waals surface area contributed by atoms with Gasteiger partial charge in [0.15, 0.2) is 5.22 Å².